The number of hydrogen-bond donors (Lipinski definition) is 2. The highest BCUT2D eigenvalue weighted by Gasteiger charge is 2.16. The molecule has 0 aromatic heterocycles. The SMILES string of the molecule is COc1cc(NC(=O)COC(=O)c2ccc(NC(=O)CC#N)cc2)cc(OC)c1OC. The van der Waals surface area contributed by atoms with Gasteiger partial charge in [0, 0.05) is 23.5 Å². The number of nitrogens with one attached hydrogen (secondary N) is 2. The van der Waals surface area contributed by atoms with Crippen LogP contribution in [-0.2, 0) is 14.3 Å². The van der Waals surface area contributed by atoms with Crippen molar-refractivity contribution in [2.24, 2.45) is 0 Å². The molecule has 0 heterocycles. The lowest BCUT2D eigenvalue weighted by atomic mass is 10.2. The zero-order chi connectivity index (χ0) is 22.8. The van der Waals surface area contributed by atoms with Crippen molar-refractivity contribution in [2.45, 2.75) is 6.42 Å². The number of ether oxygens (including phenoxy) is 4. The second kappa shape index (κ2) is 11.1. The van der Waals surface area contributed by atoms with Gasteiger partial charge in [0.1, 0.15) is 6.42 Å². The summed E-state index contributed by atoms with van der Waals surface area (Å²) in [5, 5.41) is 13.6. The molecule has 0 fully saturated rings. The van der Waals surface area contributed by atoms with E-state index in [-0.39, 0.29) is 12.0 Å². The van der Waals surface area contributed by atoms with Gasteiger partial charge in [-0.1, -0.05) is 0 Å². The predicted octanol–water partition coefficient (Wildman–Crippen LogP) is 2.36. The third-order valence-corrected chi connectivity index (χ3v) is 3.93. The van der Waals surface area contributed by atoms with E-state index in [0.717, 1.165) is 0 Å². The van der Waals surface area contributed by atoms with Gasteiger partial charge in [-0.2, -0.15) is 5.26 Å². The summed E-state index contributed by atoms with van der Waals surface area (Å²) in [6.07, 6.45) is -0.273. The molecule has 0 aliphatic carbocycles. The minimum Gasteiger partial charge on any atom is -0.493 e. The standard InChI is InChI=1S/C21H21N3O7/c1-28-16-10-15(11-17(29-2)20(16)30-3)24-19(26)12-31-21(27)13-4-6-14(7-5-13)23-18(25)8-9-22/h4-7,10-11H,8,12H2,1-3H3,(H,23,25)(H,24,26). The number of benzene rings is 2. The molecule has 10 heteroatoms. The van der Waals surface area contributed by atoms with Crippen LogP contribution in [0.25, 0.3) is 0 Å². The van der Waals surface area contributed by atoms with Gasteiger partial charge in [-0.15, -0.1) is 0 Å². The van der Waals surface area contributed by atoms with Crippen LogP contribution in [0.1, 0.15) is 16.8 Å². The Morgan fingerprint density at radius 1 is 0.871 bits per heavy atom. The third-order valence-electron chi connectivity index (χ3n) is 3.93. The predicted molar refractivity (Wildman–Crippen MR) is 110 cm³/mol. The third kappa shape index (κ3) is 6.37. The van der Waals surface area contributed by atoms with E-state index in [0.29, 0.717) is 28.6 Å². The number of methoxy groups -OCH3 is 3. The smallest absolute Gasteiger partial charge is 0.338 e. The average molecular weight is 427 g/mol. The number of rotatable bonds is 9. The minimum atomic E-state index is -0.713. The molecule has 0 atom stereocenters. The number of hydrogen-bond acceptors (Lipinski definition) is 8. The van der Waals surface area contributed by atoms with Gasteiger partial charge >= 0.3 is 5.97 Å². The normalized spacial score (nSPS) is 9.74. The van der Waals surface area contributed by atoms with Gasteiger partial charge in [0.2, 0.25) is 11.7 Å². The summed E-state index contributed by atoms with van der Waals surface area (Å²) < 4.78 is 20.7. The molecule has 2 aromatic carbocycles. The zero-order valence-electron chi connectivity index (χ0n) is 17.2. The maximum atomic E-state index is 12.2. The molecule has 0 aliphatic heterocycles. The van der Waals surface area contributed by atoms with Gasteiger partial charge in [-0.3, -0.25) is 9.59 Å². The van der Waals surface area contributed by atoms with Crippen molar-refractivity contribution >= 4 is 29.2 Å². The first-order valence-corrected chi connectivity index (χ1v) is 8.95. The van der Waals surface area contributed by atoms with Crippen molar-refractivity contribution < 1.29 is 33.3 Å². The number of amides is 2. The number of nitrogens with zero attached hydrogens (tertiary/aromatic N) is 1. The molecule has 2 rings (SSSR count). The number of carbonyl (C=O) groups is 3. The summed E-state index contributed by atoms with van der Waals surface area (Å²) >= 11 is 0. The lowest BCUT2D eigenvalue weighted by Gasteiger charge is -2.14. The Bertz CT molecular complexity index is 972. The number of nitriles is 1. The Labute approximate surface area is 178 Å². The van der Waals surface area contributed by atoms with E-state index in [1.807, 2.05) is 0 Å². The van der Waals surface area contributed by atoms with E-state index in [1.165, 1.54) is 45.6 Å². The first-order chi connectivity index (χ1) is 14.9. The topological polar surface area (TPSA) is 136 Å². The van der Waals surface area contributed by atoms with Gasteiger partial charge in [0.05, 0.1) is 33.0 Å². The minimum absolute atomic E-state index is 0.193. The number of carbonyl (C=O) groups excluding carboxylic acids is 3. The van der Waals surface area contributed by atoms with Crippen LogP contribution in [0, 0.1) is 11.3 Å². The molecular formula is C21H21N3O7. The van der Waals surface area contributed by atoms with E-state index in [4.69, 9.17) is 24.2 Å². The maximum Gasteiger partial charge on any atom is 0.338 e. The van der Waals surface area contributed by atoms with Crippen molar-refractivity contribution in [1.82, 2.24) is 0 Å². The molecule has 2 amide bonds. The average Bonchev–Trinajstić information content (AvgIpc) is 2.77. The van der Waals surface area contributed by atoms with E-state index in [9.17, 15) is 14.4 Å². The summed E-state index contributed by atoms with van der Waals surface area (Å²) in [4.78, 5) is 35.7. The van der Waals surface area contributed by atoms with Crippen molar-refractivity contribution in [2.75, 3.05) is 38.6 Å². The lowest BCUT2D eigenvalue weighted by Crippen LogP contribution is -2.21. The fourth-order valence-corrected chi connectivity index (χ4v) is 2.53. The molecule has 0 spiro atoms. The van der Waals surface area contributed by atoms with Gasteiger partial charge in [-0.05, 0) is 24.3 Å². The Kier molecular flexibility index (Phi) is 8.22. The molecule has 0 bridgehead atoms. The molecular weight excluding hydrogens is 406 g/mol. The second-order valence-corrected chi connectivity index (χ2v) is 6.00. The van der Waals surface area contributed by atoms with Crippen LogP contribution in [0.2, 0.25) is 0 Å². The number of anilines is 2. The van der Waals surface area contributed by atoms with Crippen LogP contribution in [0.15, 0.2) is 36.4 Å². The van der Waals surface area contributed by atoms with Crippen molar-refractivity contribution in [3.63, 3.8) is 0 Å². The molecule has 2 aromatic rings. The highest BCUT2D eigenvalue weighted by Crippen LogP contribution is 2.39. The quantitative estimate of drug-likeness (QED) is 0.582. The Morgan fingerprint density at radius 3 is 1.97 bits per heavy atom. The fourth-order valence-electron chi connectivity index (χ4n) is 2.53. The van der Waals surface area contributed by atoms with Crippen molar-refractivity contribution in [3.8, 4) is 23.3 Å². The highest BCUT2D eigenvalue weighted by molar-refractivity contribution is 5.96. The fraction of sp³-hybridized carbons (Fsp3) is 0.238. The number of esters is 1. The van der Waals surface area contributed by atoms with Crippen LogP contribution >= 0.6 is 0 Å². The molecule has 0 saturated heterocycles. The summed E-state index contributed by atoms with van der Waals surface area (Å²) in [6, 6.07) is 10.7. The monoisotopic (exact) mass is 427 g/mol. The largest absolute Gasteiger partial charge is 0.493 e. The highest BCUT2D eigenvalue weighted by atomic mass is 16.5. The molecule has 0 radical (unpaired) electrons. The van der Waals surface area contributed by atoms with E-state index >= 15 is 0 Å². The molecule has 0 aliphatic rings. The second-order valence-electron chi connectivity index (χ2n) is 6.00. The van der Waals surface area contributed by atoms with Crippen molar-refractivity contribution in [3.05, 3.63) is 42.0 Å². The molecule has 31 heavy (non-hydrogen) atoms. The summed E-state index contributed by atoms with van der Waals surface area (Å²) in [7, 11) is 4.36. The van der Waals surface area contributed by atoms with Gasteiger partial charge < -0.3 is 29.6 Å². The molecule has 0 saturated carbocycles. The molecule has 10 nitrogen and oxygen atoms in total. The summed E-state index contributed by atoms with van der Waals surface area (Å²) in [5.74, 6) is -0.645. The van der Waals surface area contributed by atoms with Crippen LogP contribution in [-0.4, -0.2) is 45.7 Å². The Morgan fingerprint density at radius 2 is 1.45 bits per heavy atom. The van der Waals surface area contributed by atoms with Gasteiger partial charge in [0.25, 0.3) is 5.91 Å². The van der Waals surface area contributed by atoms with E-state index in [2.05, 4.69) is 10.6 Å². The van der Waals surface area contributed by atoms with Crippen LogP contribution in [0.5, 0.6) is 17.2 Å². The maximum absolute atomic E-state index is 12.2. The van der Waals surface area contributed by atoms with Gasteiger partial charge in [-0.25, -0.2) is 4.79 Å². The van der Waals surface area contributed by atoms with Crippen molar-refractivity contribution in [1.29, 1.82) is 5.26 Å². The summed E-state index contributed by atoms with van der Waals surface area (Å²) in [5.41, 5.74) is 0.990. The van der Waals surface area contributed by atoms with E-state index in [1.54, 1.807) is 18.2 Å². The Balaban J connectivity index is 1.95. The molecule has 0 unspecified atom stereocenters. The van der Waals surface area contributed by atoms with Crippen LogP contribution in [0.4, 0.5) is 11.4 Å². The molecule has 2 N–H and O–H groups in total. The molecule has 162 valence electrons. The van der Waals surface area contributed by atoms with Crippen LogP contribution < -0.4 is 24.8 Å². The zero-order valence-corrected chi connectivity index (χ0v) is 17.2. The first kappa shape index (κ1) is 23.0. The Hall–Kier alpha value is -4.26. The van der Waals surface area contributed by atoms with Gasteiger partial charge in [0.15, 0.2) is 18.1 Å². The van der Waals surface area contributed by atoms with Crippen LogP contribution in [0.3, 0.4) is 0 Å². The summed E-state index contributed by atoms with van der Waals surface area (Å²) in [6.45, 7) is -0.518. The first-order valence-electron chi connectivity index (χ1n) is 8.95. The van der Waals surface area contributed by atoms with E-state index < -0.39 is 24.4 Å². The lowest BCUT2D eigenvalue weighted by molar-refractivity contribution is -0.119.